The van der Waals surface area contributed by atoms with Gasteiger partial charge in [-0.3, -0.25) is 14.4 Å². The first-order valence-corrected chi connectivity index (χ1v) is 13.7. The van der Waals surface area contributed by atoms with E-state index < -0.39 is 125 Å². The van der Waals surface area contributed by atoms with Crippen molar-refractivity contribution in [3.63, 3.8) is 0 Å². The molecule has 0 unspecified atom stereocenters. The number of ether oxygens (including phenoxy) is 3. The number of phenolic OH excluding ortho intramolecular Hbond substituents is 3. The maximum absolute atomic E-state index is 13.0. The van der Waals surface area contributed by atoms with Crippen molar-refractivity contribution in [3.05, 3.63) is 71.3 Å². The first-order valence-electron chi connectivity index (χ1n) is 13.7. The number of cyclic esters (lactones) is 3. The Kier molecular flexibility index (Phi) is 12.2. The second-order valence-corrected chi connectivity index (χ2v) is 9.93. The van der Waals surface area contributed by atoms with E-state index in [-0.39, 0.29) is 17.1 Å². The zero-order valence-corrected chi connectivity index (χ0v) is 25.7. The van der Waals surface area contributed by atoms with Crippen LogP contribution in [0, 0.1) is 0 Å². The molecule has 1 aliphatic heterocycles. The normalized spacial score (nSPS) is 18.1. The Hall–Kier alpha value is -6.20. The summed E-state index contributed by atoms with van der Waals surface area (Å²) in [6.07, 6.45) is 0. The van der Waals surface area contributed by atoms with Crippen molar-refractivity contribution in [1.29, 1.82) is 0 Å². The number of phenols is 3. The zero-order chi connectivity index (χ0) is 35.1. The van der Waals surface area contributed by atoms with Gasteiger partial charge in [0, 0.05) is 16.7 Å². The molecular formula is C30H24FeN3O15. The number of nitrogens with one attached hydrogen (secondary N) is 3. The van der Waals surface area contributed by atoms with Gasteiger partial charge in [0.25, 0.3) is 17.7 Å². The van der Waals surface area contributed by atoms with Crippen molar-refractivity contribution in [1.82, 2.24) is 16.0 Å². The first kappa shape index (κ1) is 37.3. The SMILES string of the molecule is O=C(N[C@H]1COC(=O)[C@@H](NC(=O)c2cccc(O)c2[O-])COC(=O)[C@@H](NC(=O)c2cccc(O)c2[O-])COC1=O)c1cccc(O)c1[O-].[Fe+3]. The molecule has 0 saturated carbocycles. The summed E-state index contributed by atoms with van der Waals surface area (Å²) in [7, 11) is 0. The molecule has 0 bridgehead atoms. The molecule has 18 nitrogen and oxygen atoms in total. The minimum absolute atomic E-state index is 0. The summed E-state index contributed by atoms with van der Waals surface area (Å²) in [5, 5.41) is 72.0. The van der Waals surface area contributed by atoms with Gasteiger partial charge < -0.3 is 60.8 Å². The second kappa shape index (κ2) is 16.1. The van der Waals surface area contributed by atoms with Gasteiger partial charge in [0.2, 0.25) is 0 Å². The Labute approximate surface area is 285 Å². The van der Waals surface area contributed by atoms with E-state index in [0.717, 1.165) is 54.6 Å². The van der Waals surface area contributed by atoms with E-state index in [2.05, 4.69) is 16.0 Å². The zero-order valence-electron chi connectivity index (χ0n) is 24.6. The maximum atomic E-state index is 13.0. The number of hydrogen-bond donors (Lipinski definition) is 6. The number of carbonyl (C=O) groups excluding carboxylic acids is 6. The van der Waals surface area contributed by atoms with Crippen LogP contribution in [-0.2, 0) is 45.7 Å². The molecule has 1 heterocycles. The topological polar surface area (TPSA) is 296 Å². The number of para-hydroxylation sites is 3. The fraction of sp³-hybridized carbons (Fsp3) is 0.200. The molecular weight excluding hydrogens is 698 g/mol. The summed E-state index contributed by atoms with van der Waals surface area (Å²) in [4.78, 5) is 77.6. The van der Waals surface area contributed by atoms with Crippen molar-refractivity contribution in [3.8, 4) is 34.5 Å². The van der Waals surface area contributed by atoms with E-state index >= 15 is 0 Å². The van der Waals surface area contributed by atoms with E-state index in [1.54, 1.807) is 0 Å². The average molecular weight is 722 g/mol. The van der Waals surface area contributed by atoms with E-state index in [1.807, 2.05) is 0 Å². The van der Waals surface area contributed by atoms with Crippen LogP contribution in [0.5, 0.6) is 34.5 Å². The molecule has 3 atom stereocenters. The van der Waals surface area contributed by atoms with Crippen LogP contribution in [0.4, 0.5) is 0 Å². The molecule has 49 heavy (non-hydrogen) atoms. The predicted molar refractivity (Wildman–Crippen MR) is 149 cm³/mol. The molecule has 1 aliphatic rings. The Morgan fingerprint density at radius 2 is 0.776 bits per heavy atom. The van der Waals surface area contributed by atoms with Crippen LogP contribution >= 0.6 is 0 Å². The third kappa shape index (κ3) is 8.79. The average Bonchev–Trinajstić information content (AvgIpc) is 3.05. The van der Waals surface area contributed by atoms with Crippen LogP contribution in [0.2, 0.25) is 0 Å². The van der Waals surface area contributed by atoms with Gasteiger partial charge >= 0.3 is 35.0 Å². The number of carbonyl (C=O) groups is 6. The van der Waals surface area contributed by atoms with Crippen molar-refractivity contribution < 1.29 is 90.7 Å². The quantitative estimate of drug-likeness (QED) is 0.0861. The summed E-state index contributed by atoms with van der Waals surface area (Å²) in [5.74, 6) is -13.4. The molecule has 1 radical (unpaired) electrons. The van der Waals surface area contributed by atoms with Crippen LogP contribution in [0.25, 0.3) is 0 Å². The first-order chi connectivity index (χ1) is 22.8. The van der Waals surface area contributed by atoms with Crippen LogP contribution in [0.15, 0.2) is 54.6 Å². The summed E-state index contributed by atoms with van der Waals surface area (Å²) in [5.41, 5.74) is -1.84. The molecule has 3 amide bonds. The molecule has 1 saturated heterocycles. The van der Waals surface area contributed by atoms with Crippen LogP contribution < -0.4 is 31.3 Å². The van der Waals surface area contributed by atoms with Gasteiger partial charge in [-0.15, -0.1) is 0 Å². The van der Waals surface area contributed by atoms with E-state index in [1.165, 1.54) is 0 Å². The number of aromatic hydroxyl groups is 3. The summed E-state index contributed by atoms with van der Waals surface area (Å²) >= 11 is 0. The summed E-state index contributed by atoms with van der Waals surface area (Å²) < 4.78 is 15.2. The number of hydrogen-bond acceptors (Lipinski definition) is 15. The van der Waals surface area contributed by atoms with Gasteiger partial charge in [-0.05, 0) is 36.4 Å². The van der Waals surface area contributed by atoms with Gasteiger partial charge in [-0.2, -0.15) is 0 Å². The summed E-state index contributed by atoms with van der Waals surface area (Å²) in [6.45, 7) is -2.97. The number of rotatable bonds is 6. The number of esters is 3. The van der Waals surface area contributed by atoms with Gasteiger partial charge in [0.15, 0.2) is 18.1 Å². The number of amides is 3. The third-order valence-electron chi connectivity index (χ3n) is 6.66. The molecule has 0 aromatic heterocycles. The predicted octanol–water partition coefficient (Wildman–Crippen LogP) is -2.64. The van der Waals surface area contributed by atoms with Crippen LogP contribution in [-0.4, -0.2) is 88.9 Å². The van der Waals surface area contributed by atoms with E-state index in [9.17, 15) is 59.4 Å². The van der Waals surface area contributed by atoms with Gasteiger partial charge in [-0.25, -0.2) is 14.4 Å². The minimum atomic E-state index is -1.88. The Balaban J connectivity index is 0.00000650. The smallest absolute Gasteiger partial charge is 0.869 e. The largest absolute Gasteiger partial charge is 3.00 e. The fourth-order valence-electron chi connectivity index (χ4n) is 4.12. The van der Waals surface area contributed by atoms with Crippen molar-refractivity contribution >= 4 is 35.6 Å². The molecule has 257 valence electrons. The van der Waals surface area contributed by atoms with Crippen LogP contribution in [0.3, 0.4) is 0 Å². The Bertz CT molecular complexity index is 1580. The summed E-state index contributed by atoms with van der Waals surface area (Å²) in [6, 6.07) is 3.92. The van der Waals surface area contributed by atoms with Crippen molar-refractivity contribution in [2.24, 2.45) is 0 Å². The van der Waals surface area contributed by atoms with Gasteiger partial charge in [0.05, 0.1) is 0 Å². The monoisotopic (exact) mass is 722 g/mol. The minimum Gasteiger partial charge on any atom is -0.869 e. The molecule has 19 heteroatoms. The van der Waals surface area contributed by atoms with Gasteiger partial charge in [0.1, 0.15) is 37.1 Å². The Morgan fingerprint density at radius 1 is 0.531 bits per heavy atom. The van der Waals surface area contributed by atoms with Crippen LogP contribution in [0.1, 0.15) is 31.1 Å². The van der Waals surface area contributed by atoms with Crippen molar-refractivity contribution in [2.75, 3.05) is 19.8 Å². The number of benzene rings is 3. The molecule has 4 rings (SSSR count). The van der Waals surface area contributed by atoms with Crippen molar-refractivity contribution in [2.45, 2.75) is 18.1 Å². The Morgan fingerprint density at radius 3 is 1.02 bits per heavy atom. The third-order valence-corrected chi connectivity index (χ3v) is 6.66. The molecule has 1 fully saturated rings. The second-order valence-electron chi connectivity index (χ2n) is 9.93. The molecule has 0 spiro atoms. The standard InChI is InChI=1S/C30H27N3O15.Fe/c34-19-7-1-4-13(22(19)37)25(40)31-16-10-46-29(44)18(33-27(42)15-6-3-9-21(36)24(15)39)12-48-30(45)17(11-47-28(16)43)32-26(41)14-5-2-8-20(35)23(14)38;/h1-9,16-18,34-39H,10-12H2,(H,31,40)(H,32,41)(H,33,42);/q;+3/p-3/t16-,17-,18-;/m0./s1. The maximum Gasteiger partial charge on any atom is 3.00 e. The molecule has 6 N–H and O–H groups in total. The van der Waals surface area contributed by atoms with E-state index in [0.29, 0.717) is 0 Å². The molecule has 3 aromatic rings. The molecule has 3 aromatic carbocycles. The van der Waals surface area contributed by atoms with Gasteiger partial charge in [-0.1, -0.05) is 35.4 Å². The fourth-order valence-corrected chi connectivity index (χ4v) is 4.12. The molecule has 0 aliphatic carbocycles. The van der Waals surface area contributed by atoms with E-state index in [4.69, 9.17) is 14.2 Å².